The number of halogens is 2. The van der Waals surface area contributed by atoms with Gasteiger partial charge >= 0.3 is 5.97 Å². The summed E-state index contributed by atoms with van der Waals surface area (Å²) in [4.78, 5) is 78.5. The minimum atomic E-state index is -1.24. The maximum Gasteiger partial charge on any atom is 0.336 e. The van der Waals surface area contributed by atoms with Crippen molar-refractivity contribution in [2.75, 3.05) is 32.7 Å². The number of hydrogen-bond donors (Lipinski definition) is 6. The molecule has 0 spiro atoms. The quantitative estimate of drug-likeness (QED) is 0.0682. The standard InChI is InChI=1S/C31H41FN4O3.C24H27FN2O4/c1-6-36-13-7-8-23(36)17-33-30(39)26-14-20(28(37)34-18-31(3,4)5)9-12-24(26)25-15-21(16-27(32)19(25)2)29(38)35-22-10-11-22;1-13-18(10-15(11-20(13)25)22(29)27-16-6-7-16)17-8-5-14(9-19(17)23(30)31)21(28)26-12-24(2,3)4/h9,12,14-16,22-23H,6-8,10-11,13,17-18H2,1-5H3,(H,33,39)(H,34,37)(H,35,38);5,8-11,16H,6-7,12H2,1-4H3,(H,26,28)(H,27,29)(H,30,31). The van der Waals surface area contributed by atoms with Crippen molar-refractivity contribution in [3.05, 3.63) is 117 Å². The molecule has 1 heterocycles. The molecular weight excluding hydrogens is 895 g/mol. The van der Waals surface area contributed by atoms with Gasteiger partial charge in [0.25, 0.3) is 29.5 Å². The van der Waals surface area contributed by atoms with Crippen molar-refractivity contribution in [2.45, 2.75) is 119 Å². The SMILES string of the molecule is CCN1CCCC1CNC(=O)c1cc(C(=O)NCC(C)(C)C)ccc1-c1cc(C(=O)NC2CC2)cc(F)c1C.Cc1c(F)cc(C(=O)NC2CC2)cc1-c1ccc(C(=O)NCC(C)(C)C)cc1C(=O)O. The van der Waals surface area contributed by atoms with Crippen molar-refractivity contribution in [3.8, 4) is 22.3 Å². The van der Waals surface area contributed by atoms with Crippen LogP contribution in [-0.2, 0) is 0 Å². The molecule has 70 heavy (non-hydrogen) atoms. The highest BCUT2D eigenvalue weighted by molar-refractivity contribution is 6.06. The van der Waals surface area contributed by atoms with Crippen LogP contribution in [0.4, 0.5) is 8.78 Å². The molecule has 4 aromatic carbocycles. The van der Waals surface area contributed by atoms with Gasteiger partial charge in [-0.3, -0.25) is 28.9 Å². The average Bonchev–Trinajstić information content (AvgIpc) is 4.26. The Bertz CT molecular complexity index is 2660. The molecule has 1 saturated heterocycles. The first kappa shape index (κ1) is 52.9. The van der Waals surface area contributed by atoms with Crippen LogP contribution in [0.15, 0.2) is 60.7 Å². The molecule has 2 saturated carbocycles. The summed E-state index contributed by atoms with van der Waals surface area (Å²) < 4.78 is 29.7. The number of amides is 5. The van der Waals surface area contributed by atoms with Crippen molar-refractivity contribution in [1.29, 1.82) is 0 Å². The fourth-order valence-electron chi connectivity index (χ4n) is 8.12. The molecule has 13 nitrogen and oxygen atoms in total. The average molecular weight is 963 g/mol. The molecule has 4 aromatic rings. The van der Waals surface area contributed by atoms with Crippen LogP contribution >= 0.6 is 0 Å². The van der Waals surface area contributed by atoms with E-state index in [-0.39, 0.29) is 91.5 Å². The molecule has 15 heteroatoms. The number of carboxylic acids is 1. The Labute approximate surface area is 410 Å². The zero-order valence-electron chi connectivity index (χ0n) is 41.9. The van der Waals surface area contributed by atoms with Crippen LogP contribution in [0, 0.1) is 36.3 Å². The minimum Gasteiger partial charge on any atom is -0.478 e. The maximum atomic E-state index is 15.1. The van der Waals surface area contributed by atoms with Gasteiger partial charge in [0.15, 0.2) is 0 Å². The summed E-state index contributed by atoms with van der Waals surface area (Å²) in [6.45, 7) is 20.6. The van der Waals surface area contributed by atoms with Gasteiger partial charge in [-0.2, -0.15) is 0 Å². The molecule has 3 fully saturated rings. The minimum absolute atomic E-state index is 0.0989. The molecule has 0 aromatic heterocycles. The predicted molar refractivity (Wildman–Crippen MR) is 267 cm³/mol. The van der Waals surface area contributed by atoms with Crippen LogP contribution in [0.2, 0.25) is 0 Å². The molecule has 3 aliphatic rings. The third-order valence-electron chi connectivity index (χ3n) is 12.6. The first-order chi connectivity index (χ1) is 32.9. The molecule has 0 radical (unpaired) electrons. The van der Waals surface area contributed by atoms with Gasteiger partial charge in [0.2, 0.25) is 0 Å². The second kappa shape index (κ2) is 22.1. The first-order valence-electron chi connectivity index (χ1n) is 24.3. The number of nitrogens with zero attached hydrogens (tertiary/aromatic N) is 1. The highest BCUT2D eigenvalue weighted by Gasteiger charge is 2.29. The fraction of sp³-hybridized carbons (Fsp3) is 0.455. The second-order valence-electron chi connectivity index (χ2n) is 21.2. The maximum absolute atomic E-state index is 15.1. The van der Waals surface area contributed by atoms with E-state index in [2.05, 4.69) is 38.4 Å². The van der Waals surface area contributed by atoms with Gasteiger partial charge in [0, 0.05) is 65.6 Å². The van der Waals surface area contributed by atoms with Gasteiger partial charge in [0.1, 0.15) is 11.6 Å². The van der Waals surface area contributed by atoms with Crippen LogP contribution in [-0.4, -0.2) is 96.4 Å². The molecule has 7 rings (SSSR count). The van der Waals surface area contributed by atoms with Crippen LogP contribution in [0.25, 0.3) is 22.3 Å². The molecule has 1 aliphatic heterocycles. The zero-order chi connectivity index (χ0) is 51.2. The first-order valence-corrected chi connectivity index (χ1v) is 24.3. The smallest absolute Gasteiger partial charge is 0.336 e. The number of hydrogen-bond acceptors (Lipinski definition) is 7. The van der Waals surface area contributed by atoms with Crippen molar-refractivity contribution in [2.24, 2.45) is 10.8 Å². The Kier molecular flexibility index (Phi) is 16.7. The summed E-state index contributed by atoms with van der Waals surface area (Å²) in [5.41, 5.74) is 2.88. The molecule has 1 unspecified atom stereocenters. The number of carbonyl (C=O) groups excluding carboxylic acids is 5. The molecule has 0 bridgehead atoms. The van der Waals surface area contributed by atoms with Crippen LogP contribution in [0.5, 0.6) is 0 Å². The molecule has 2 aliphatic carbocycles. The number of carboxylic acid groups (broad SMARTS) is 1. The fourth-order valence-corrected chi connectivity index (χ4v) is 8.12. The Balaban J connectivity index is 0.000000236. The summed E-state index contributed by atoms with van der Waals surface area (Å²) in [6.07, 6.45) is 5.75. The Morgan fingerprint density at radius 1 is 0.571 bits per heavy atom. The summed E-state index contributed by atoms with van der Waals surface area (Å²) in [7, 11) is 0. The third-order valence-corrected chi connectivity index (χ3v) is 12.6. The topological polar surface area (TPSA) is 186 Å². The number of nitrogens with one attached hydrogen (secondary N) is 5. The molecule has 5 amide bonds. The summed E-state index contributed by atoms with van der Waals surface area (Å²) in [5, 5.41) is 24.2. The number of benzene rings is 4. The molecule has 1 atom stereocenters. The lowest BCUT2D eigenvalue weighted by Crippen LogP contribution is -2.40. The van der Waals surface area contributed by atoms with E-state index in [0.717, 1.165) is 57.7 Å². The van der Waals surface area contributed by atoms with E-state index in [9.17, 15) is 38.3 Å². The summed E-state index contributed by atoms with van der Waals surface area (Å²) in [6, 6.07) is 15.2. The van der Waals surface area contributed by atoms with Crippen molar-refractivity contribution in [1.82, 2.24) is 31.5 Å². The van der Waals surface area contributed by atoms with Crippen LogP contribution < -0.4 is 26.6 Å². The van der Waals surface area contributed by atoms with Gasteiger partial charge in [-0.05, 0) is 158 Å². The summed E-state index contributed by atoms with van der Waals surface area (Å²) in [5.74, 6) is -4.07. The van der Waals surface area contributed by atoms with E-state index in [1.807, 2.05) is 41.5 Å². The van der Waals surface area contributed by atoms with E-state index >= 15 is 4.39 Å². The van der Waals surface area contributed by atoms with Crippen LogP contribution in [0.3, 0.4) is 0 Å². The number of likely N-dealkylation sites (N-methyl/N-ethyl adjacent to an activating group) is 1. The van der Waals surface area contributed by atoms with E-state index in [1.165, 1.54) is 37.3 Å². The van der Waals surface area contributed by atoms with Crippen LogP contribution in [0.1, 0.15) is 160 Å². The van der Waals surface area contributed by atoms with Crippen molar-refractivity contribution < 1.29 is 42.7 Å². The van der Waals surface area contributed by atoms with E-state index in [4.69, 9.17) is 0 Å². The lowest BCUT2D eigenvalue weighted by Gasteiger charge is -2.23. The Morgan fingerprint density at radius 2 is 1.01 bits per heavy atom. The molecule has 374 valence electrons. The lowest BCUT2D eigenvalue weighted by molar-refractivity contribution is 0.0696. The van der Waals surface area contributed by atoms with Gasteiger partial charge in [-0.25, -0.2) is 13.6 Å². The molecule has 6 N–H and O–H groups in total. The number of likely N-dealkylation sites (tertiary alicyclic amines) is 1. The Morgan fingerprint density at radius 3 is 1.43 bits per heavy atom. The number of carbonyl (C=O) groups is 6. The van der Waals surface area contributed by atoms with Gasteiger partial charge in [-0.1, -0.05) is 60.6 Å². The monoisotopic (exact) mass is 963 g/mol. The van der Waals surface area contributed by atoms with E-state index in [0.29, 0.717) is 47.5 Å². The largest absolute Gasteiger partial charge is 0.478 e. The highest BCUT2D eigenvalue weighted by Crippen LogP contribution is 2.33. The normalized spacial score (nSPS) is 15.8. The number of rotatable bonds is 15. The van der Waals surface area contributed by atoms with E-state index < -0.39 is 23.5 Å². The van der Waals surface area contributed by atoms with E-state index in [1.54, 1.807) is 31.2 Å². The summed E-state index contributed by atoms with van der Waals surface area (Å²) >= 11 is 0. The zero-order valence-corrected chi connectivity index (χ0v) is 41.9. The Hall–Kier alpha value is -6.48. The van der Waals surface area contributed by atoms with Gasteiger partial charge < -0.3 is 31.7 Å². The van der Waals surface area contributed by atoms with Crippen molar-refractivity contribution in [3.63, 3.8) is 0 Å². The predicted octanol–water partition coefficient (Wildman–Crippen LogP) is 8.85. The van der Waals surface area contributed by atoms with Gasteiger partial charge in [-0.15, -0.1) is 0 Å². The van der Waals surface area contributed by atoms with Gasteiger partial charge in [0.05, 0.1) is 5.56 Å². The number of aromatic carboxylic acids is 1. The highest BCUT2D eigenvalue weighted by atomic mass is 19.1. The molecular formula is C55H68F2N6O7. The second-order valence-corrected chi connectivity index (χ2v) is 21.2. The lowest BCUT2D eigenvalue weighted by atomic mass is 9.91. The third kappa shape index (κ3) is 14.1. The van der Waals surface area contributed by atoms with Crippen molar-refractivity contribution >= 4 is 35.5 Å².